The lowest BCUT2D eigenvalue weighted by Crippen LogP contribution is -2.29. The number of hydrogen-bond acceptors (Lipinski definition) is 6. The van der Waals surface area contributed by atoms with Gasteiger partial charge in [-0.3, -0.25) is 10.2 Å². The minimum atomic E-state index is -0.180. The van der Waals surface area contributed by atoms with Gasteiger partial charge in [-0.25, -0.2) is 5.43 Å². The van der Waals surface area contributed by atoms with Crippen LogP contribution in [0.25, 0.3) is 0 Å². The van der Waals surface area contributed by atoms with Crippen LogP contribution in [0.1, 0.15) is 36.4 Å². The highest BCUT2D eigenvalue weighted by Gasteiger charge is 2.34. The molecule has 1 fully saturated rings. The van der Waals surface area contributed by atoms with Crippen LogP contribution < -0.4 is 16.2 Å². The molecule has 2 aromatic rings. The first kappa shape index (κ1) is 16.0. The first-order valence-corrected chi connectivity index (χ1v) is 8.76. The highest BCUT2D eigenvalue weighted by Crippen LogP contribution is 2.26. The van der Waals surface area contributed by atoms with Crippen molar-refractivity contribution in [3.8, 4) is 0 Å². The number of unbranched alkanes of at least 4 members (excludes halogenated alkanes) is 1. The fourth-order valence-electron chi connectivity index (χ4n) is 2.65. The van der Waals surface area contributed by atoms with Crippen LogP contribution in [-0.4, -0.2) is 22.6 Å². The Morgan fingerprint density at radius 1 is 1.35 bits per heavy atom. The van der Waals surface area contributed by atoms with Crippen LogP contribution in [0, 0.1) is 5.92 Å². The Bertz CT molecular complexity index is 645. The van der Waals surface area contributed by atoms with Crippen molar-refractivity contribution in [2.45, 2.75) is 32.2 Å². The number of benzene rings is 1. The first-order valence-electron chi connectivity index (χ1n) is 7.94. The van der Waals surface area contributed by atoms with Gasteiger partial charge in [0.05, 0.1) is 12.0 Å². The zero-order valence-corrected chi connectivity index (χ0v) is 13.9. The third-order valence-electron chi connectivity index (χ3n) is 3.92. The second-order valence-electron chi connectivity index (χ2n) is 5.61. The van der Waals surface area contributed by atoms with Gasteiger partial charge in [0.1, 0.15) is 5.01 Å². The summed E-state index contributed by atoms with van der Waals surface area (Å²) in [6.07, 6.45) is 3.14. The molecule has 3 rings (SSSR count). The van der Waals surface area contributed by atoms with E-state index >= 15 is 0 Å². The number of aryl methyl sites for hydroxylation is 1. The van der Waals surface area contributed by atoms with Gasteiger partial charge in [0, 0.05) is 13.0 Å². The van der Waals surface area contributed by atoms with Crippen molar-refractivity contribution in [2.24, 2.45) is 5.92 Å². The van der Waals surface area contributed by atoms with Crippen LogP contribution in [0.4, 0.5) is 5.13 Å². The summed E-state index contributed by atoms with van der Waals surface area (Å²) in [7, 11) is 0. The van der Waals surface area contributed by atoms with Crippen LogP contribution in [-0.2, 0) is 11.2 Å². The molecule has 1 aromatic heterocycles. The normalized spacial score (nSPS) is 20.6. The summed E-state index contributed by atoms with van der Waals surface area (Å²) in [6, 6.07) is 9.95. The van der Waals surface area contributed by atoms with Gasteiger partial charge < -0.3 is 5.32 Å². The van der Waals surface area contributed by atoms with E-state index in [2.05, 4.69) is 33.3 Å². The molecule has 23 heavy (non-hydrogen) atoms. The molecule has 0 aliphatic carbocycles. The molecule has 122 valence electrons. The molecule has 1 aromatic carbocycles. The number of hydrazine groups is 1. The molecule has 2 atom stereocenters. The van der Waals surface area contributed by atoms with Gasteiger partial charge >= 0.3 is 0 Å². The van der Waals surface area contributed by atoms with Crippen molar-refractivity contribution in [3.63, 3.8) is 0 Å². The van der Waals surface area contributed by atoms with E-state index in [4.69, 9.17) is 0 Å². The van der Waals surface area contributed by atoms with Gasteiger partial charge in [-0.05, 0) is 12.0 Å². The fourth-order valence-corrected chi connectivity index (χ4v) is 3.43. The second kappa shape index (κ2) is 7.63. The Balaban J connectivity index is 1.64. The monoisotopic (exact) mass is 331 g/mol. The molecule has 0 spiro atoms. The summed E-state index contributed by atoms with van der Waals surface area (Å²) >= 11 is 1.46. The predicted octanol–water partition coefficient (Wildman–Crippen LogP) is 2.28. The fraction of sp³-hybridized carbons (Fsp3) is 0.438. The summed E-state index contributed by atoms with van der Waals surface area (Å²) in [6.45, 7) is 2.74. The van der Waals surface area contributed by atoms with Crippen LogP contribution in [0.3, 0.4) is 0 Å². The molecule has 1 saturated heterocycles. The molecule has 3 N–H and O–H groups in total. The standard InChI is InChI=1S/C16H21N5OS/c1-2-3-9-13-19-21-16(23-13)18-15(22)12-10-17-20-14(12)11-7-5-4-6-8-11/h4-8,12,14,17,20H,2-3,9-10H2,1H3,(H,18,21,22). The van der Waals surface area contributed by atoms with E-state index in [0.717, 1.165) is 29.8 Å². The van der Waals surface area contributed by atoms with E-state index in [-0.39, 0.29) is 17.9 Å². The molecular weight excluding hydrogens is 310 g/mol. The number of aromatic nitrogens is 2. The van der Waals surface area contributed by atoms with Crippen molar-refractivity contribution in [3.05, 3.63) is 40.9 Å². The topological polar surface area (TPSA) is 78.9 Å². The van der Waals surface area contributed by atoms with E-state index in [1.165, 1.54) is 11.3 Å². The highest BCUT2D eigenvalue weighted by atomic mass is 32.1. The summed E-state index contributed by atoms with van der Waals surface area (Å²) in [5.41, 5.74) is 7.35. The molecule has 1 aliphatic heterocycles. The summed E-state index contributed by atoms with van der Waals surface area (Å²) in [5.74, 6) is -0.213. The molecule has 7 heteroatoms. The predicted molar refractivity (Wildman–Crippen MR) is 91.0 cm³/mol. The Morgan fingerprint density at radius 3 is 2.96 bits per heavy atom. The second-order valence-corrected chi connectivity index (χ2v) is 6.68. The molecule has 0 radical (unpaired) electrons. The van der Waals surface area contributed by atoms with Crippen molar-refractivity contribution >= 4 is 22.4 Å². The van der Waals surface area contributed by atoms with Crippen LogP contribution in [0.2, 0.25) is 0 Å². The van der Waals surface area contributed by atoms with E-state index in [0.29, 0.717) is 11.7 Å². The number of hydrogen-bond donors (Lipinski definition) is 3. The highest BCUT2D eigenvalue weighted by molar-refractivity contribution is 7.15. The summed E-state index contributed by atoms with van der Waals surface area (Å²) in [5, 5.41) is 12.7. The third-order valence-corrected chi connectivity index (χ3v) is 4.82. The van der Waals surface area contributed by atoms with Gasteiger partial charge in [0.25, 0.3) is 0 Å². The largest absolute Gasteiger partial charge is 0.300 e. The van der Waals surface area contributed by atoms with Gasteiger partial charge in [0.15, 0.2) is 0 Å². The minimum Gasteiger partial charge on any atom is -0.300 e. The quantitative estimate of drug-likeness (QED) is 0.757. The summed E-state index contributed by atoms with van der Waals surface area (Å²) < 4.78 is 0. The maximum atomic E-state index is 12.6. The average Bonchev–Trinajstić information content (AvgIpc) is 3.23. The number of nitrogens with one attached hydrogen (secondary N) is 3. The van der Waals surface area contributed by atoms with Crippen LogP contribution >= 0.6 is 11.3 Å². The average molecular weight is 331 g/mol. The van der Waals surface area contributed by atoms with Gasteiger partial charge in [-0.2, -0.15) is 0 Å². The van der Waals surface area contributed by atoms with Crippen molar-refractivity contribution < 1.29 is 4.79 Å². The minimum absolute atomic E-state index is 0.0328. The molecule has 6 nitrogen and oxygen atoms in total. The lowest BCUT2D eigenvalue weighted by molar-refractivity contribution is -0.119. The van der Waals surface area contributed by atoms with E-state index in [1.54, 1.807) is 0 Å². The van der Waals surface area contributed by atoms with Crippen molar-refractivity contribution in [1.82, 2.24) is 21.0 Å². The van der Waals surface area contributed by atoms with Gasteiger partial charge in [-0.1, -0.05) is 55.0 Å². The zero-order valence-electron chi connectivity index (χ0n) is 13.1. The molecule has 0 saturated carbocycles. The Morgan fingerprint density at radius 2 is 2.17 bits per heavy atom. The Hall–Kier alpha value is -1.83. The number of carbonyl (C=O) groups excluding carboxylic acids is 1. The number of amides is 1. The number of carbonyl (C=O) groups is 1. The maximum Gasteiger partial charge on any atom is 0.232 e. The molecule has 2 unspecified atom stereocenters. The van der Waals surface area contributed by atoms with Gasteiger partial charge in [0.2, 0.25) is 11.0 Å². The molecule has 1 amide bonds. The number of anilines is 1. The molecule has 0 bridgehead atoms. The van der Waals surface area contributed by atoms with Crippen molar-refractivity contribution in [1.29, 1.82) is 0 Å². The first-order chi connectivity index (χ1) is 11.3. The lowest BCUT2D eigenvalue weighted by atomic mass is 9.94. The van der Waals surface area contributed by atoms with Crippen LogP contribution in [0.5, 0.6) is 0 Å². The molecular formula is C16H21N5OS. The van der Waals surface area contributed by atoms with E-state index in [9.17, 15) is 4.79 Å². The van der Waals surface area contributed by atoms with Crippen molar-refractivity contribution in [2.75, 3.05) is 11.9 Å². The summed E-state index contributed by atoms with van der Waals surface area (Å²) in [4.78, 5) is 12.6. The van der Waals surface area contributed by atoms with E-state index in [1.807, 2.05) is 30.3 Å². The maximum absolute atomic E-state index is 12.6. The third kappa shape index (κ3) is 3.93. The van der Waals surface area contributed by atoms with Gasteiger partial charge in [-0.15, -0.1) is 10.2 Å². The SMILES string of the molecule is CCCCc1nnc(NC(=O)C2CNNC2c2ccccc2)s1. The number of nitrogens with zero attached hydrogens (tertiary/aromatic N) is 2. The zero-order chi connectivity index (χ0) is 16.1. The molecule has 1 aliphatic rings. The smallest absolute Gasteiger partial charge is 0.232 e. The van der Waals surface area contributed by atoms with Crippen LogP contribution in [0.15, 0.2) is 30.3 Å². The Labute approximate surface area is 139 Å². The Kier molecular flexibility index (Phi) is 5.32. The number of rotatable bonds is 6. The van der Waals surface area contributed by atoms with E-state index < -0.39 is 0 Å². The lowest BCUT2D eigenvalue weighted by Gasteiger charge is -2.17. The molecule has 2 heterocycles.